The lowest BCUT2D eigenvalue weighted by molar-refractivity contribution is -0.135. The van der Waals surface area contributed by atoms with E-state index in [-0.39, 0.29) is 12.0 Å². The fourth-order valence-electron chi connectivity index (χ4n) is 2.95. The topological polar surface area (TPSA) is 60.2 Å². The van der Waals surface area contributed by atoms with E-state index in [4.69, 9.17) is 4.74 Å². The molecular formula is C14H22N4O2. The van der Waals surface area contributed by atoms with Crippen LogP contribution in [0.1, 0.15) is 50.7 Å². The van der Waals surface area contributed by atoms with Crippen molar-refractivity contribution in [3.8, 4) is 0 Å². The highest BCUT2D eigenvalue weighted by Gasteiger charge is 2.27. The monoisotopic (exact) mass is 278 g/mol. The van der Waals surface area contributed by atoms with Crippen molar-refractivity contribution in [2.45, 2.75) is 58.2 Å². The zero-order valence-electron chi connectivity index (χ0n) is 12.2. The van der Waals surface area contributed by atoms with Crippen molar-refractivity contribution in [3.63, 3.8) is 0 Å². The molecule has 3 rings (SSSR count). The van der Waals surface area contributed by atoms with Gasteiger partial charge in [0, 0.05) is 25.6 Å². The van der Waals surface area contributed by atoms with Gasteiger partial charge in [-0.05, 0) is 12.8 Å². The average molecular weight is 278 g/mol. The van der Waals surface area contributed by atoms with Crippen LogP contribution >= 0.6 is 0 Å². The molecule has 2 aliphatic rings. The summed E-state index contributed by atoms with van der Waals surface area (Å²) in [5, 5.41) is 8.47. The second kappa shape index (κ2) is 5.52. The first-order valence-corrected chi connectivity index (χ1v) is 7.46. The van der Waals surface area contributed by atoms with Crippen molar-refractivity contribution in [2.24, 2.45) is 0 Å². The van der Waals surface area contributed by atoms with E-state index in [1.54, 1.807) is 0 Å². The van der Waals surface area contributed by atoms with Gasteiger partial charge in [0.05, 0.1) is 19.1 Å². The minimum absolute atomic E-state index is 0.119. The fourth-order valence-corrected chi connectivity index (χ4v) is 2.95. The molecule has 1 fully saturated rings. The molecule has 110 valence electrons. The van der Waals surface area contributed by atoms with Gasteiger partial charge in [-0.3, -0.25) is 4.79 Å². The number of fused-ring (bicyclic) bond motifs is 1. The van der Waals surface area contributed by atoms with E-state index >= 15 is 0 Å². The number of hydrogen-bond donors (Lipinski definition) is 0. The van der Waals surface area contributed by atoms with Crippen LogP contribution in [-0.4, -0.2) is 44.8 Å². The van der Waals surface area contributed by atoms with Gasteiger partial charge in [0.25, 0.3) is 0 Å². The maximum absolute atomic E-state index is 12.3. The Hall–Kier alpha value is -1.43. The van der Waals surface area contributed by atoms with E-state index in [0.717, 1.165) is 44.2 Å². The first kappa shape index (κ1) is 13.5. The fraction of sp³-hybridized carbons (Fsp3) is 0.786. The summed E-state index contributed by atoms with van der Waals surface area (Å²) >= 11 is 0. The summed E-state index contributed by atoms with van der Waals surface area (Å²) in [6, 6.07) is 0. The second-order valence-electron chi connectivity index (χ2n) is 5.94. The lowest BCUT2D eigenvalue weighted by Gasteiger charge is -2.29. The van der Waals surface area contributed by atoms with Gasteiger partial charge in [0.1, 0.15) is 5.82 Å². The van der Waals surface area contributed by atoms with Crippen LogP contribution in [0.5, 0.6) is 0 Å². The third-order valence-corrected chi connectivity index (χ3v) is 4.08. The number of hydrogen-bond acceptors (Lipinski definition) is 4. The minimum atomic E-state index is 0.119. The van der Waals surface area contributed by atoms with Crippen molar-refractivity contribution in [1.82, 2.24) is 19.7 Å². The van der Waals surface area contributed by atoms with Crippen molar-refractivity contribution >= 4 is 5.91 Å². The van der Waals surface area contributed by atoms with E-state index < -0.39 is 0 Å². The van der Waals surface area contributed by atoms with Crippen LogP contribution in [0.3, 0.4) is 0 Å². The number of aromatic nitrogens is 3. The van der Waals surface area contributed by atoms with Gasteiger partial charge in [-0.1, -0.05) is 13.8 Å². The van der Waals surface area contributed by atoms with Crippen molar-refractivity contribution in [3.05, 3.63) is 11.6 Å². The highest BCUT2D eigenvalue weighted by atomic mass is 16.5. The standard InChI is InChI=1S/C14H22N4O2/c1-10(2)14-16-15-12-9-17(5-6-18(12)14)13(19)8-11-4-3-7-20-11/h10-11H,3-9H2,1-2H3/t11-/m1/s1. The third-order valence-electron chi connectivity index (χ3n) is 4.08. The molecule has 0 radical (unpaired) electrons. The van der Waals surface area contributed by atoms with Gasteiger partial charge >= 0.3 is 0 Å². The molecule has 1 amide bonds. The van der Waals surface area contributed by atoms with E-state index in [0.29, 0.717) is 18.9 Å². The highest BCUT2D eigenvalue weighted by molar-refractivity contribution is 5.76. The number of carbonyl (C=O) groups excluding carboxylic acids is 1. The molecule has 0 aliphatic carbocycles. The van der Waals surface area contributed by atoms with E-state index in [9.17, 15) is 4.79 Å². The summed E-state index contributed by atoms with van der Waals surface area (Å²) < 4.78 is 7.69. The predicted octanol–water partition coefficient (Wildman–Crippen LogP) is 1.31. The molecule has 0 spiro atoms. The van der Waals surface area contributed by atoms with Crippen LogP contribution in [-0.2, 0) is 22.6 Å². The van der Waals surface area contributed by atoms with E-state index in [1.165, 1.54) is 0 Å². The SMILES string of the molecule is CC(C)c1nnc2n1CCN(C(=O)C[C@H]1CCCO1)C2. The summed E-state index contributed by atoms with van der Waals surface area (Å²) in [6.07, 6.45) is 2.70. The zero-order chi connectivity index (χ0) is 14.1. The summed E-state index contributed by atoms with van der Waals surface area (Å²) in [6.45, 7) is 7.15. The van der Waals surface area contributed by atoms with Crippen molar-refractivity contribution in [1.29, 1.82) is 0 Å². The molecule has 0 unspecified atom stereocenters. The molecule has 2 aliphatic heterocycles. The molecule has 1 aromatic heterocycles. The van der Waals surface area contributed by atoms with Crippen LogP contribution in [0.15, 0.2) is 0 Å². The average Bonchev–Trinajstić information content (AvgIpc) is 3.06. The zero-order valence-corrected chi connectivity index (χ0v) is 12.2. The Morgan fingerprint density at radius 3 is 2.95 bits per heavy atom. The van der Waals surface area contributed by atoms with Crippen LogP contribution in [0, 0.1) is 0 Å². The van der Waals surface area contributed by atoms with Gasteiger partial charge in [-0.15, -0.1) is 10.2 Å². The molecule has 3 heterocycles. The third kappa shape index (κ3) is 2.57. The van der Waals surface area contributed by atoms with Crippen LogP contribution < -0.4 is 0 Å². The molecule has 0 saturated carbocycles. The summed E-state index contributed by atoms with van der Waals surface area (Å²) in [5.74, 6) is 2.47. The predicted molar refractivity (Wildman–Crippen MR) is 73.1 cm³/mol. The summed E-state index contributed by atoms with van der Waals surface area (Å²) in [7, 11) is 0. The summed E-state index contributed by atoms with van der Waals surface area (Å²) in [4.78, 5) is 14.2. The van der Waals surface area contributed by atoms with Gasteiger partial charge < -0.3 is 14.2 Å². The lowest BCUT2D eigenvalue weighted by Crippen LogP contribution is -2.40. The number of nitrogens with zero attached hydrogens (tertiary/aromatic N) is 4. The Bertz CT molecular complexity index is 491. The van der Waals surface area contributed by atoms with Gasteiger partial charge in [-0.2, -0.15) is 0 Å². The molecular weight excluding hydrogens is 256 g/mol. The molecule has 0 aromatic carbocycles. The molecule has 1 atom stereocenters. The molecule has 1 saturated heterocycles. The molecule has 0 N–H and O–H groups in total. The molecule has 6 nitrogen and oxygen atoms in total. The normalized spacial score (nSPS) is 22.4. The summed E-state index contributed by atoms with van der Waals surface area (Å²) in [5.41, 5.74) is 0. The van der Waals surface area contributed by atoms with Gasteiger partial charge in [0.15, 0.2) is 5.82 Å². The van der Waals surface area contributed by atoms with E-state index in [2.05, 4.69) is 28.6 Å². The Morgan fingerprint density at radius 2 is 2.25 bits per heavy atom. The quantitative estimate of drug-likeness (QED) is 0.836. The van der Waals surface area contributed by atoms with Crippen molar-refractivity contribution in [2.75, 3.05) is 13.2 Å². The number of carbonyl (C=O) groups is 1. The Labute approximate surface area is 119 Å². The minimum Gasteiger partial charge on any atom is -0.378 e. The molecule has 0 bridgehead atoms. The maximum atomic E-state index is 12.3. The highest BCUT2D eigenvalue weighted by Crippen LogP contribution is 2.21. The van der Waals surface area contributed by atoms with Crippen LogP contribution in [0.2, 0.25) is 0 Å². The second-order valence-corrected chi connectivity index (χ2v) is 5.94. The molecule has 20 heavy (non-hydrogen) atoms. The van der Waals surface area contributed by atoms with Crippen molar-refractivity contribution < 1.29 is 9.53 Å². The number of amides is 1. The van der Waals surface area contributed by atoms with Crippen LogP contribution in [0.4, 0.5) is 0 Å². The first-order valence-electron chi connectivity index (χ1n) is 7.46. The van der Waals surface area contributed by atoms with E-state index in [1.807, 2.05) is 4.90 Å². The van der Waals surface area contributed by atoms with Gasteiger partial charge in [-0.25, -0.2) is 0 Å². The molecule has 1 aromatic rings. The Kier molecular flexibility index (Phi) is 3.74. The molecule has 6 heteroatoms. The number of ether oxygens (including phenoxy) is 1. The van der Waals surface area contributed by atoms with Crippen LogP contribution in [0.25, 0.3) is 0 Å². The number of rotatable bonds is 3. The lowest BCUT2D eigenvalue weighted by atomic mass is 10.1. The first-order chi connectivity index (χ1) is 9.65. The largest absolute Gasteiger partial charge is 0.378 e. The maximum Gasteiger partial charge on any atom is 0.225 e. The smallest absolute Gasteiger partial charge is 0.225 e. The Balaban J connectivity index is 1.64. The van der Waals surface area contributed by atoms with Gasteiger partial charge in [0.2, 0.25) is 5.91 Å². The Morgan fingerprint density at radius 1 is 1.40 bits per heavy atom.